The van der Waals surface area contributed by atoms with E-state index < -0.39 is 54.5 Å². The number of carbonyl (C=O) groups is 4. The van der Waals surface area contributed by atoms with Crippen LogP contribution in [0.25, 0.3) is 0 Å². The number of ether oxygens (including phenoxy) is 1. The first-order valence-corrected chi connectivity index (χ1v) is 11.6. The highest BCUT2D eigenvalue weighted by atomic mass is 16.6. The molecule has 10 heteroatoms. The molecule has 1 rings (SSSR count). The summed E-state index contributed by atoms with van der Waals surface area (Å²) in [5.41, 5.74) is 6.63. The number of benzene rings is 1. The zero-order valence-corrected chi connectivity index (χ0v) is 21.4. The number of nitrogens with two attached hydrogens (primary N) is 1. The van der Waals surface area contributed by atoms with E-state index in [2.05, 4.69) is 10.6 Å². The highest BCUT2D eigenvalue weighted by Crippen LogP contribution is 2.27. The summed E-state index contributed by atoms with van der Waals surface area (Å²) < 4.78 is 5.22. The molecule has 0 saturated heterocycles. The third kappa shape index (κ3) is 9.65. The Balaban J connectivity index is 3.49. The van der Waals surface area contributed by atoms with Crippen LogP contribution < -0.4 is 16.4 Å². The van der Waals surface area contributed by atoms with Crippen molar-refractivity contribution in [1.29, 1.82) is 5.26 Å². The number of carbonyl (C=O) groups excluding carboxylic acids is 4. The lowest BCUT2D eigenvalue weighted by atomic mass is 9.96. The predicted octanol–water partition coefficient (Wildman–Crippen LogP) is 2.38. The molecule has 0 fully saturated rings. The lowest BCUT2D eigenvalue weighted by molar-refractivity contribution is -0.142. The number of rotatable bonds is 11. The number of amides is 4. The Morgan fingerprint density at radius 3 is 2.40 bits per heavy atom. The van der Waals surface area contributed by atoms with Crippen LogP contribution >= 0.6 is 0 Å². The molecule has 4 amide bonds. The fraction of sp³-hybridized carbons (Fsp3) is 0.560. The Kier molecular flexibility index (Phi) is 11.2. The molecule has 1 aromatic rings. The third-order valence-electron chi connectivity index (χ3n) is 5.04. The van der Waals surface area contributed by atoms with Crippen LogP contribution in [-0.4, -0.2) is 53.4 Å². The van der Waals surface area contributed by atoms with Gasteiger partial charge in [-0.05, 0) is 52.2 Å². The standard InChI is InChI=1S/C25H37N5O5/c1-7-8-12-28-22(32)21(18-14-16(2)9-10-17(18)3)30(13-11-26)23(33)19(15-20(27)31)29-24(34)35-25(4,5)6/h9-10,14,19,21H,7-8,12-13,15H2,1-6H3,(H2,27,31)(H,28,32)(H,29,34). The Morgan fingerprint density at radius 2 is 1.86 bits per heavy atom. The second-order valence-electron chi connectivity index (χ2n) is 9.40. The zero-order chi connectivity index (χ0) is 26.8. The Hall–Kier alpha value is -3.61. The molecule has 2 unspecified atom stereocenters. The molecular formula is C25H37N5O5. The molecule has 0 spiro atoms. The molecule has 0 radical (unpaired) electrons. The van der Waals surface area contributed by atoms with Gasteiger partial charge in [-0.1, -0.05) is 37.1 Å². The number of nitrogens with one attached hydrogen (secondary N) is 2. The van der Waals surface area contributed by atoms with Crippen LogP contribution in [0.3, 0.4) is 0 Å². The predicted molar refractivity (Wildman–Crippen MR) is 131 cm³/mol. The van der Waals surface area contributed by atoms with Crippen molar-refractivity contribution in [1.82, 2.24) is 15.5 Å². The van der Waals surface area contributed by atoms with Gasteiger partial charge < -0.3 is 26.0 Å². The Morgan fingerprint density at radius 1 is 1.20 bits per heavy atom. The number of nitrogens with zero attached hydrogens (tertiary/aromatic N) is 2. The van der Waals surface area contributed by atoms with Gasteiger partial charge in [0.15, 0.2) is 0 Å². The van der Waals surface area contributed by atoms with Crippen molar-refractivity contribution in [2.75, 3.05) is 13.1 Å². The summed E-state index contributed by atoms with van der Waals surface area (Å²) in [5, 5.41) is 14.7. The summed E-state index contributed by atoms with van der Waals surface area (Å²) in [7, 11) is 0. The van der Waals surface area contributed by atoms with Gasteiger partial charge in [0.2, 0.25) is 17.7 Å². The van der Waals surface area contributed by atoms with Crippen molar-refractivity contribution in [3.05, 3.63) is 34.9 Å². The molecular weight excluding hydrogens is 450 g/mol. The maximum Gasteiger partial charge on any atom is 0.408 e. The van der Waals surface area contributed by atoms with Crippen molar-refractivity contribution < 1.29 is 23.9 Å². The first kappa shape index (κ1) is 29.4. The molecule has 10 nitrogen and oxygen atoms in total. The van der Waals surface area contributed by atoms with E-state index in [-0.39, 0.29) is 0 Å². The lowest BCUT2D eigenvalue weighted by Gasteiger charge is -2.33. The van der Waals surface area contributed by atoms with Gasteiger partial charge in [0, 0.05) is 6.54 Å². The number of nitriles is 1. The van der Waals surface area contributed by atoms with Crippen LogP contribution in [-0.2, 0) is 19.1 Å². The number of aryl methyl sites for hydroxylation is 2. The van der Waals surface area contributed by atoms with E-state index in [1.807, 2.05) is 32.0 Å². The summed E-state index contributed by atoms with van der Waals surface area (Å²) in [6, 6.07) is 4.82. The molecule has 192 valence electrons. The van der Waals surface area contributed by atoms with Crippen LogP contribution in [0, 0.1) is 25.2 Å². The maximum atomic E-state index is 13.6. The van der Waals surface area contributed by atoms with Crippen LogP contribution in [0.2, 0.25) is 0 Å². The van der Waals surface area contributed by atoms with Gasteiger partial charge in [0.1, 0.15) is 24.2 Å². The number of hydrogen-bond acceptors (Lipinski definition) is 6. The molecule has 0 aromatic heterocycles. The molecule has 0 heterocycles. The molecule has 2 atom stereocenters. The van der Waals surface area contributed by atoms with Gasteiger partial charge in [0.25, 0.3) is 0 Å². The van der Waals surface area contributed by atoms with Crippen molar-refractivity contribution in [2.24, 2.45) is 5.73 Å². The van der Waals surface area contributed by atoms with Gasteiger partial charge >= 0.3 is 6.09 Å². The van der Waals surface area contributed by atoms with Gasteiger partial charge in [-0.25, -0.2) is 4.79 Å². The van der Waals surface area contributed by atoms with Gasteiger partial charge in [-0.15, -0.1) is 0 Å². The number of alkyl carbamates (subject to hydrolysis) is 1. The minimum Gasteiger partial charge on any atom is -0.444 e. The molecule has 1 aromatic carbocycles. The highest BCUT2D eigenvalue weighted by Gasteiger charge is 2.37. The van der Waals surface area contributed by atoms with E-state index in [4.69, 9.17) is 10.5 Å². The van der Waals surface area contributed by atoms with Crippen LogP contribution in [0.5, 0.6) is 0 Å². The van der Waals surface area contributed by atoms with Crippen molar-refractivity contribution in [3.8, 4) is 6.07 Å². The normalized spacial score (nSPS) is 12.6. The topological polar surface area (TPSA) is 155 Å². The zero-order valence-electron chi connectivity index (χ0n) is 21.4. The summed E-state index contributed by atoms with van der Waals surface area (Å²) >= 11 is 0. The Labute approximate surface area is 207 Å². The minimum atomic E-state index is -1.42. The maximum absolute atomic E-state index is 13.6. The second-order valence-corrected chi connectivity index (χ2v) is 9.40. The molecule has 0 aliphatic carbocycles. The molecule has 0 aliphatic heterocycles. The molecule has 35 heavy (non-hydrogen) atoms. The smallest absolute Gasteiger partial charge is 0.408 e. The quantitative estimate of drug-likeness (QED) is 0.321. The fourth-order valence-electron chi connectivity index (χ4n) is 3.41. The van der Waals surface area contributed by atoms with Crippen molar-refractivity contribution in [2.45, 2.75) is 78.5 Å². The largest absolute Gasteiger partial charge is 0.444 e. The molecule has 0 aliphatic rings. The number of hydrogen-bond donors (Lipinski definition) is 3. The van der Waals surface area contributed by atoms with Gasteiger partial charge in [-0.2, -0.15) is 5.26 Å². The SMILES string of the molecule is CCCCNC(=O)C(c1cc(C)ccc1C)N(CC#N)C(=O)C(CC(N)=O)NC(=O)OC(C)(C)C. The molecule has 0 saturated carbocycles. The minimum absolute atomic E-state index is 0.395. The number of unbranched alkanes of at least 4 members (excludes halogenated alkanes) is 1. The first-order valence-electron chi connectivity index (χ1n) is 11.6. The summed E-state index contributed by atoms with van der Waals surface area (Å²) in [5.74, 6) is -2.11. The first-order chi connectivity index (χ1) is 16.3. The average molecular weight is 488 g/mol. The van der Waals surface area contributed by atoms with Crippen molar-refractivity contribution >= 4 is 23.8 Å². The van der Waals surface area contributed by atoms with Gasteiger partial charge in [-0.3, -0.25) is 14.4 Å². The van der Waals surface area contributed by atoms with Crippen LogP contribution in [0.4, 0.5) is 4.79 Å². The monoisotopic (exact) mass is 487 g/mol. The second kappa shape index (κ2) is 13.3. The molecule has 0 bridgehead atoms. The lowest BCUT2D eigenvalue weighted by Crippen LogP contribution is -2.54. The van der Waals surface area contributed by atoms with Crippen molar-refractivity contribution in [3.63, 3.8) is 0 Å². The van der Waals surface area contributed by atoms with Crippen LogP contribution in [0.1, 0.15) is 69.7 Å². The van der Waals surface area contributed by atoms with E-state index in [1.54, 1.807) is 33.8 Å². The van der Waals surface area contributed by atoms with Gasteiger partial charge in [0.05, 0.1) is 12.5 Å². The van der Waals surface area contributed by atoms with E-state index in [0.29, 0.717) is 12.1 Å². The average Bonchev–Trinajstić information content (AvgIpc) is 2.73. The summed E-state index contributed by atoms with van der Waals surface area (Å²) in [4.78, 5) is 52.1. The molecule has 4 N–H and O–H groups in total. The van der Waals surface area contributed by atoms with E-state index >= 15 is 0 Å². The van der Waals surface area contributed by atoms with Crippen LogP contribution in [0.15, 0.2) is 18.2 Å². The summed E-state index contributed by atoms with van der Waals surface area (Å²) in [6.45, 7) is 10.5. The van der Waals surface area contributed by atoms with E-state index in [1.165, 1.54) is 0 Å². The summed E-state index contributed by atoms with van der Waals surface area (Å²) in [6.07, 6.45) is 0.138. The third-order valence-corrected chi connectivity index (χ3v) is 5.04. The fourth-order valence-corrected chi connectivity index (χ4v) is 3.41. The Bertz CT molecular complexity index is 964. The highest BCUT2D eigenvalue weighted by molar-refractivity contribution is 5.94. The van der Waals surface area contributed by atoms with E-state index in [9.17, 15) is 24.4 Å². The van der Waals surface area contributed by atoms with E-state index in [0.717, 1.165) is 28.9 Å². The number of primary amides is 1.